The normalized spacial score (nSPS) is 11.0. The van der Waals surface area contributed by atoms with Gasteiger partial charge < -0.3 is 10.7 Å². The van der Waals surface area contributed by atoms with Gasteiger partial charge in [-0.25, -0.2) is 9.97 Å². The third kappa shape index (κ3) is 1.75. The number of hydrogen-bond acceptors (Lipinski definition) is 3. The zero-order valence-corrected chi connectivity index (χ0v) is 10.3. The highest BCUT2D eigenvalue weighted by Crippen LogP contribution is 2.28. The van der Waals surface area contributed by atoms with Crippen LogP contribution in [0.15, 0.2) is 36.8 Å². The predicted octanol–water partition coefficient (Wildman–Crippen LogP) is 2.74. The van der Waals surface area contributed by atoms with Crippen LogP contribution in [0.4, 0.5) is 0 Å². The van der Waals surface area contributed by atoms with Crippen LogP contribution in [-0.2, 0) is 6.54 Å². The van der Waals surface area contributed by atoms with Crippen molar-refractivity contribution in [2.75, 3.05) is 0 Å². The zero-order valence-electron chi connectivity index (χ0n) is 9.52. The molecule has 1 aromatic carbocycles. The molecule has 3 N–H and O–H groups in total. The highest BCUT2D eigenvalue weighted by atomic mass is 35.5. The van der Waals surface area contributed by atoms with E-state index in [1.54, 1.807) is 6.33 Å². The van der Waals surface area contributed by atoms with Gasteiger partial charge in [0.25, 0.3) is 0 Å². The van der Waals surface area contributed by atoms with E-state index in [0.717, 1.165) is 27.9 Å². The van der Waals surface area contributed by atoms with Crippen molar-refractivity contribution < 1.29 is 0 Å². The highest BCUT2D eigenvalue weighted by molar-refractivity contribution is 6.30. The van der Waals surface area contributed by atoms with Crippen LogP contribution in [0.1, 0.15) is 5.56 Å². The number of benzene rings is 1. The van der Waals surface area contributed by atoms with Crippen LogP contribution in [0.3, 0.4) is 0 Å². The molecule has 5 heteroatoms. The minimum Gasteiger partial charge on any atom is -0.346 e. The molecule has 0 saturated heterocycles. The van der Waals surface area contributed by atoms with Gasteiger partial charge in [0.05, 0.1) is 5.69 Å². The minimum absolute atomic E-state index is 0.452. The molecule has 3 aromatic rings. The second kappa shape index (κ2) is 4.40. The van der Waals surface area contributed by atoms with Crippen molar-refractivity contribution in [2.45, 2.75) is 6.54 Å². The number of H-pyrrole nitrogens is 1. The molecule has 0 spiro atoms. The Balaban J connectivity index is 2.28. The van der Waals surface area contributed by atoms with E-state index in [-0.39, 0.29) is 0 Å². The van der Waals surface area contributed by atoms with Crippen LogP contribution < -0.4 is 5.73 Å². The molecular formula is C13H11ClN4. The van der Waals surface area contributed by atoms with Gasteiger partial charge in [-0.2, -0.15) is 0 Å². The van der Waals surface area contributed by atoms with Gasteiger partial charge in [0, 0.05) is 28.7 Å². The predicted molar refractivity (Wildman–Crippen MR) is 72.2 cm³/mol. The first kappa shape index (κ1) is 11.2. The van der Waals surface area contributed by atoms with Crippen LogP contribution in [-0.4, -0.2) is 15.0 Å². The molecule has 2 heterocycles. The summed E-state index contributed by atoms with van der Waals surface area (Å²) in [6, 6.07) is 7.58. The number of hydrogen-bond donors (Lipinski definition) is 2. The molecule has 0 saturated carbocycles. The van der Waals surface area contributed by atoms with Crippen LogP contribution in [0.5, 0.6) is 0 Å². The van der Waals surface area contributed by atoms with E-state index in [9.17, 15) is 0 Å². The maximum absolute atomic E-state index is 5.90. The largest absolute Gasteiger partial charge is 0.346 e. The van der Waals surface area contributed by atoms with Crippen molar-refractivity contribution in [3.05, 3.63) is 47.4 Å². The summed E-state index contributed by atoms with van der Waals surface area (Å²) >= 11 is 5.90. The number of nitrogens with one attached hydrogen (secondary N) is 1. The summed E-state index contributed by atoms with van der Waals surface area (Å²) in [5.74, 6) is 0. The molecule has 0 unspecified atom stereocenters. The Morgan fingerprint density at radius 3 is 2.67 bits per heavy atom. The Kier molecular flexibility index (Phi) is 2.74. The molecule has 0 bridgehead atoms. The van der Waals surface area contributed by atoms with Gasteiger partial charge in [-0.3, -0.25) is 0 Å². The van der Waals surface area contributed by atoms with E-state index in [1.165, 1.54) is 0 Å². The number of rotatable bonds is 2. The number of halogens is 1. The lowest BCUT2D eigenvalue weighted by Gasteiger charge is -2.04. The number of fused-ring (bicyclic) bond motifs is 1. The smallest absolute Gasteiger partial charge is 0.141 e. The monoisotopic (exact) mass is 258 g/mol. The topological polar surface area (TPSA) is 67.6 Å². The molecule has 0 atom stereocenters. The molecule has 3 rings (SSSR count). The molecule has 0 aliphatic rings. The molecule has 4 nitrogen and oxygen atoms in total. The number of aromatic amines is 1. The van der Waals surface area contributed by atoms with Gasteiger partial charge >= 0.3 is 0 Å². The van der Waals surface area contributed by atoms with Crippen molar-refractivity contribution >= 4 is 22.6 Å². The lowest BCUT2D eigenvalue weighted by molar-refractivity contribution is 1.08. The molecule has 0 fully saturated rings. The Morgan fingerprint density at radius 1 is 1.17 bits per heavy atom. The summed E-state index contributed by atoms with van der Waals surface area (Å²) in [5.41, 5.74) is 9.42. The lowest BCUT2D eigenvalue weighted by Crippen LogP contribution is -1.96. The highest BCUT2D eigenvalue weighted by Gasteiger charge is 2.11. The van der Waals surface area contributed by atoms with E-state index in [4.69, 9.17) is 17.3 Å². The Labute approximate surface area is 109 Å². The summed E-state index contributed by atoms with van der Waals surface area (Å²) in [6.45, 7) is 0.452. The summed E-state index contributed by atoms with van der Waals surface area (Å²) in [5, 5.41) is 1.68. The molecule has 0 aliphatic carbocycles. The Hall–Kier alpha value is -1.91. The molecule has 0 aliphatic heterocycles. The number of aromatic nitrogens is 3. The zero-order chi connectivity index (χ0) is 12.5. The van der Waals surface area contributed by atoms with Gasteiger partial charge in [0.15, 0.2) is 0 Å². The first-order valence-corrected chi connectivity index (χ1v) is 5.94. The van der Waals surface area contributed by atoms with Crippen LogP contribution in [0, 0.1) is 0 Å². The summed E-state index contributed by atoms with van der Waals surface area (Å²) in [6.07, 6.45) is 3.42. The Bertz CT molecular complexity index is 688. The average Bonchev–Trinajstić information content (AvgIpc) is 2.82. The van der Waals surface area contributed by atoms with E-state index in [1.807, 2.05) is 30.5 Å². The number of nitrogens with zero attached hydrogens (tertiary/aromatic N) is 2. The van der Waals surface area contributed by atoms with E-state index in [2.05, 4.69) is 15.0 Å². The maximum atomic E-state index is 5.90. The molecule has 0 radical (unpaired) electrons. The fourth-order valence-electron chi connectivity index (χ4n) is 2.01. The summed E-state index contributed by atoms with van der Waals surface area (Å²) in [4.78, 5) is 11.7. The molecular weight excluding hydrogens is 248 g/mol. The first-order valence-electron chi connectivity index (χ1n) is 5.56. The van der Waals surface area contributed by atoms with Gasteiger partial charge in [-0.1, -0.05) is 23.7 Å². The molecule has 0 amide bonds. The molecule has 18 heavy (non-hydrogen) atoms. The lowest BCUT2D eigenvalue weighted by atomic mass is 10.1. The van der Waals surface area contributed by atoms with Gasteiger partial charge in [0.1, 0.15) is 12.0 Å². The third-order valence-electron chi connectivity index (χ3n) is 2.89. The summed E-state index contributed by atoms with van der Waals surface area (Å²) in [7, 11) is 0. The van der Waals surface area contributed by atoms with Gasteiger partial charge in [-0.05, 0) is 17.7 Å². The van der Waals surface area contributed by atoms with Crippen LogP contribution >= 0.6 is 11.6 Å². The quantitative estimate of drug-likeness (QED) is 0.743. The second-order valence-electron chi connectivity index (χ2n) is 3.97. The summed E-state index contributed by atoms with van der Waals surface area (Å²) < 4.78 is 0. The van der Waals surface area contributed by atoms with Crippen molar-refractivity contribution in [1.82, 2.24) is 15.0 Å². The standard InChI is InChI=1S/C13H11ClN4/c14-10-3-1-8(2-4-10)12-11-9(5-15)6-16-13(11)18-7-17-12/h1-4,6-7H,5,15H2,(H,16,17,18). The van der Waals surface area contributed by atoms with E-state index in [0.29, 0.717) is 11.6 Å². The fraction of sp³-hybridized carbons (Fsp3) is 0.0769. The van der Waals surface area contributed by atoms with Crippen molar-refractivity contribution in [1.29, 1.82) is 0 Å². The number of nitrogens with two attached hydrogens (primary N) is 1. The maximum Gasteiger partial charge on any atom is 0.141 e. The first-order chi connectivity index (χ1) is 8.79. The third-order valence-corrected chi connectivity index (χ3v) is 3.14. The van der Waals surface area contributed by atoms with E-state index < -0.39 is 0 Å². The minimum atomic E-state index is 0.452. The van der Waals surface area contributed by atoms with Crippen LogP contribution in [0.25, 0.3) is 22.3 Å². The van der Waals surface area contributed by atoms with E-state index >= 15 is 0 Å². The van der Waals surface area contributed by atoms with Crippen molar-refractivity contribution in [2.24, 2.45) is 5.73 Å². The van der Waals surface area contributed by atoms with Crippen molar-refractivity contribution in [3.8, 4) is 11.3 Å². The van der Waals surface area contributed by atoms with Gasteiger partial charge in [-0.15, -0.1) is 0 Å². The SMILES string of the molecule is NCc1c[nH]c2ncnc(-c3ccc(Cl)cc3)c12. The van der Waals surface area contributed by atoms with Crippen LogP contribution in [0.2, 0.25) is 5.02 Å². The molecule has 2 aromatic heterocycles. The Morgan fingerprint density at radius 2 is 1.94 bits per heavy atom. The van der Waals surface area contributed by atoms with Gasteiger partial charge in [0.2, 0.25) is 0 Å². The average molecular weight is 259 g/mol. The van der Waals surface area contributed by atoms with Crippen molar-refractivity contribution in [3.63, 3.8) is 0 Å². The fourth-order valence-corrected chi connectivity index (χ4v) is 2.14. The molecule has 90 valence electrons. The second-order valence-corrected chi connectivity index (χ2v) is 4.41.